The van der Waals surface area contributed by atoms with E-state index in [0.29, 0.717) is 19.3 Å². The summed E-state index contributed by atoms with van der Waals surface area (Å²) in [6.07, 6.45) is 50.4. The molecule has 0 N–H and O–H groups in total. The number of carbonyl (C=O) groups is 3. The van der Waals surface area contributed by atoms with Crippen molar-refractivity contribution < 1.29 is 28.6 Å². The lowest BCUT2D eigenvalue weighted by molar-refractivity contribution is -0.167. The highest BCUT2D eigenvalue weighted by Crippen LogP contribution is 2.12. The molecule has 1 atom stereocenters. The Morgan fingerprint density at radius 1 is 0.415 bits per heavy atom. The lowest BCUT2D eigenvalue weighted by Crippen LogP contribution is -2.30. The zero-order chi connectivity index (χ0) is 38.7. The number of allylic oxidation sites excluding steroid dienone is 12. The van der Waals surface area contributed by atoms with Crippen LogP contribution in [0.15, 0.2) is 72.9 Å². The first-order valence-corrected chi connectivity index (χ1v) is 21.5. The Bertz CT molecular complexity index is 1030. The lowest BCUT2D eigenvalue weighted by Gasteiger charge is -2.18. The Kier molecular flexibility index (Phi) is 39.1. The quantitative estimate of drug-likeness (QED) is 0.0208. The second-order valence-corrected chi connectivity index (χ2v) is 13.9. The van der Waals surface area contributed by atoms with E-state index in [1.54, 1.807) is 0 Å². The minimum Gasteiger partial charge on any atom is -0.462 e. The molecule has 53 heavy (non-hydrogen) atoms. The van der Waals surface area contributed by atoms with E-state index in [1.807, 2.05) is 6.08 Å². The minimum atomic E-state index is -0.801. The van der Waals surface area contributed by atoms with Gasteiger partial charge < -0.3 is 14.2 Å². The summed E-state index contributed by atoms with van der Waals surface area (Å²) in [5, 5.41) is 0. The fraction of sp³-hybridized carbons (Fsp3) is 0.681. The molecule has 0 bridgehead atoms. The van der Waals surface area contributed by atoms with Gasteiger partial charge in [0.05, 0.1) is 0 Å². The summed E-state index contributed by atoms with van der Waals surface area (Å²) < 4.78 is 16.6. The van der Waals surface area contributed by atoms with Crippen LogP contribution in [0.1, 0.15) is 188 Å². The molecule has 0 radical (unpaired) electrons. The number of unbranched alkanes of at least 4 members (excludes halogenated alkanes) is 16. The van der Waals surface area contributed by atoms with Gasteiger partial charge in [-0.25, -0.2) is 0 Å². The van der Waals surface area contributed by atoms with Crippen LogP contribution in [0, 0.1) is 0 Å². The molecule has 0 aromatic rings. The first-order chi connectivity index (χ1) is 26.0. The van der Waals surface area contributed by atoms with Gasteiger partial charge in [-0.2, -0.15) is 0 Å². The van der Waals surface area contributed by atoms with Gasteiger partial charge in [0.1, 0.15) is 13.2 Å². The minimum absolute atomic E-state index is 0.104. The average Bonchev–Trinajstić information content (AvgIpc) is 3.15. The van der Waals surface area contributed by atoms with E-state index in [2.05, 4.69) is 87.6 Å². The molecule has 0 saturated carbocycles. The van der Waals surface area contributed by atoms with Crippen LogP contribution < -0.4 is 0 Å². The summed E-state index contributed by atoms with van der Waals surface area (Å²) in [6.45, 7) is 6.28. The van der Waals surface area contributed by atoms with Crippen LogP contribution in [0.4, 0.5) is 0 Å². The van der Waals surface area contributed by atoms with E-state index in [0.717, 1.165) is 109 Å². The molecule has 0 heterocycles. The highest BCUT2D eigenvalue weighted by Gasteiger charge is 2.19. The summed E-state index contributed by atoms with van der Waals surface area (Å²) >= 11 is 0. The average molecular weight is 739 g/mol. The maximum absolute atomic E-state index is 12.7. The van der Waals surface area contributed by atoms with E-state index >= 15 is 0 Å². The molecule has 0 aliphatic heterocycles. The summed E-state index contributed by atoms with van der Waals surface area (Å²) in [7, 11) is 0. The van der Waals surface area contributed by atoms with Crippen molar-refractivity contribution in [1.29, 1.82) is 0 Å². The Hall–Kier alpha value is -3.15. The Balaban J connectivity index is 4.47. The number of hydrogen-bond donors (Lipinski definition) is 0. The fourth-order valence-corrected chi connectivity index (χ4v) is 5.53. The number of hydrogen-bond acceptors (Lipinski definition) is 6. The number of esters is 3. The summed E-state index contributed by atoms with van der Waals surface area (Å²) in [4.78, 5) is 37.6. The zero-order valence-corrected chi connectivity index (χ0v) is 34.3. The van der Waals surface area contributed by atoms with Crippen LogP contribution in [0.3, 0.4) is 0 Å². The third-order valence-electron chi connectivity index (χ3n) is 8.74. The molecular formula is C47H78O6. The van der Waals surface area contributed by atoms with Gasteiger partial charge in [0, 0.05) is 19.3 Å². The third kappa shape index (κ3) is 39.9. The molecule has 0 aromatic carbocycles. The Labute approximate surface area is 325 Å². The predicted molar refractivity (Wildman–Crippen MR) is 224 cm³/mol. The smallest absolute Gasteiger partial charge is 0.306 e. The molecule has 0 fully saturated rings. The molecule has 302 valence electrons. The molecule has 6 nitrogen and oxygen atoms in total. The maximum Gasteiger partial charge on any atom is 0.306 e. The second-order valence-electron chi connectivity index (χ2n) is 13.9. The van der Waals surface area contributed by atoms with Crippen LogP contribution in [-0.4, -0.2) is 37.2 Å². The highest BCUT2D eigenvalue weighted by molar-refractivity contribution is 5.71. The van der Waals surface area contributed by atoms with Crippen molar-refractivity contribution in [3.8, 4) is 0 Å². The van der Waals surface area contributed by atoms with E-state index in [-0.39, 0.29) is 31.1 Å². The standard InChI is InChI=1S/C47H78O6/c1-4-7-10-13-16-19-21-23-25-28-31-34-37-40-46(49)52-43-44(42-51-45(48)39-36-33-30-27-18-15-12-9-6-3)53-47(50)41-38-35-32-29-26-24-22-20-17-14-11-8-5-2/h7,9-10,12-13,16,18-19,21,24,26-27,44H,4-6,8,11,14-15,17,20,22-23,25,28-43H2,1-3H3/b10-7-,12-9-,16-13-,21-19-,26-24-,27-18-. The van der Waals surface area contributed by atoms with Gasteiger partial charge in [-0.3, -0.25) is 14.4 Å². The topological polar surface area (TPSA) is 78.9 Å². The van der Waals surface area contributed by atoms with Gasteiger partial charge in [0.2, 0.25) is 0 Å². The van der Waals surface area contributed by atoms with Gasteiger partial charge in [-0.15, -0.1) is 0 Å². The van der Waals surface area contributed by atoms with Crippen molar-refractivity contribution in [2.45, 2.75) is 194 Å². The Morgan fingerprint density at radius 3 is 1.42 bits per heavy atom. The summed E-state index contributed by atoms with van der Waals surface area (Å²) in [6, 6.07) is 0. The Morgan fingerprint density at radius 2 is 0.830 bits per heavy atom. The van der Waals surface area contributed by atoms with Crippen LogP contribution in [0.2, 0.25) is 0 Å². The molecular weight excluding hydrogens is 661 g/mol. The van der Waals surface area contributed by atoms with Gasteiger partial charge in [0.25, 0.3) is 0 Å². The second kappa shape index (κ2) is 41.6. The summed E-state index contributed by atoms with van der Waals surface area (Å²) in [5.41, 5.74) is 0. The normalized spacial score (nSPS) is 12.7. The van der Waals surface area contributed by atoms with E-state index in [1.165, 1.54) is 38.5 Å². The van der Waals surface area contributed by atoms with Gasteiger partial charge in [-0.05, 0) is 89.9 Å². The van der Waals surface area contributed by atoms with Gasteiger partial charge in [0.15, 0.2) is 6.10 Å². The number of ether oxygens (including phenoxy) is 3. The SMILES string of the molecule is CC\C=C/C=C\C=C/CCCCCCCC(=O)OCC(COC(=O)CCCC/C=C\C/C=C\CC)OC(=O)CCCCC/C=C\CCCCCCCC. The van der Waals surface area contributed by atoms with Crippen LogP contribution in [0.25, 0.3) is 0 Å². The van der Waals surface area contributed by atoms with E-state index in [4.69, 9.17) is 14.2 Å². The summed E-state index contributed by atoms with van der Waals surface area (Å²) in [5.74, 6) is -0.986. The van der Waals surface area contributed by atoms with Gasteiger partial charge >= 0.3 is 17.9 Å². The van der Waals surface area contributed by atoms with Crippen molar-refractivity contribution in [3.63, 3.8) is 0 Å². The number of carbonyl (C=O) groups excluding carboxylic acids is 3. The number of rotatable bonds is 37. The van der Waals surface area contributed by atoms with Crippen molar-refractivity contribution >= 4 is 17.9 Å². The first-order valence-electron chi connectivity index (χ1n) is 21.5. The lowest BCUT2D eigenvalue weighted by atomic mass is 10.1. The van der Waals surface area contributed by atoms with E-state index < -0.39 is 6.10 Å². The van der Waals surface area contributed by atoms with Crippen LogP contribution in [0.5, 0.6) is 0 Å². The maximum atomic E-state index is 12.7. The van der Waals surface area contributed by atoms with Crippen molar-refractivity contribution in [2.24, 2.45) is 0 Å². The largest absolute Gasteiger partial charge is 0.462 e. The van der Waals surface area contributed by atoms with Crippen molar-refractivity contribution in [2.75, 3.05) is 13.2 Å². The van der Waals surface area contributed by atoms with E-state index in [9.17, 15) is 14.4 Å². The van der Waals surface area contributed by atoms with Crippen molar-refractivity contribution in [3.05, 3.63) is 72.9 Å². The highest BCUT2D eigenvalue weighted by atomic mass is 16.6. The molecule has 0 aliphatic rings. The van der Waals surface area contributed by atoms with Gasteiger partial charge in [-0.1, -0.05) is 151 Å². The molecule has 0 rings (SSSR count). The molecule has 0 aliphatic carbocycles. The predicted octanol–water partition coefficient (Wildman–Crippen LogP) is 13.5. The fourth-order valence-electron chi connectivity index (χ4n) is 5.53. The van der Waals surface area contributed by atoms with Crippen molar-refractivity contribution in [1.82, 2.24) is 0 Å². The molecule has 0 spiro atoms. The van der Waals surface area contributed by atoms with Crippen LogP contribution >= 0.6 is 0 Å². The molecule has 0 saturated heterocycles. The van der Waals surface area contributed by atoms with Crippen LogP contribution in [-0.2, 0) is 28.6 Å². The molecule has 0 aromatic heterocycles. The first kappa shape index (κ1) is 49.9. The zero-order valence-electron chi connectivity index (χ0n) is 34.3. The third-order valence-corrected chi connectivity index (χ3v) is 8.74. The monoisotopic (exact) mass is 739 g/mol. The molecule has 0 amide bonds. The molecule has 6 heteroatoms. The molecule has 1 unspecified atom stereocenters.